The number of carboxylic acids is 1. The lowest BCUT2D eigenvalue weighted by molar-refractivity contribution is 0.0697. The highest BCUT2D eigenvalue weighted by Crippen LogP contribution is 2.18. The van der Waals surface area contributed by atoms with Crippen molar-refractivity contribution < 1.29 is 14.7 Å². The molecule has 90 valence electrons. The molecule has 4 heteroatoms. The summed E-state index contributed by atoms with van der Waals surface area (Å²) in [5.74, 6) is -0.903. The van der Waals surface area contributed by atoms with Crippen LogP contribution in [0.1, 0.15) is 33.6 Å². The van der Waals surface area contributed by atoms with Gasteiger partial charge in [0.05, 0.1) is 5.56 Å². The molecule has 1 aromatic carbocycles. The Morgan fingerprint density at radius 3 is 2.47 bits per heavy atom. The van der Waals surface area contributed by atoms with E-state index in [0.717, 1.165) is 25.9 Å². The van der Waals surface area contributed by atoms with Crippen molar-refractivity contribution in [2.75, 3.05) is 13.1 Å². The van der Waals surface area contributed by atoms with Gasteiger partial charge in [-0.3, -0.25) is 4.79 Å². The molecule has 1 aromatic rings. The van der Waals surface area contributed by atoms with Crippen LogP contribution in [0.2, 0.25) is 0 Å². The molecule has 0 spiro atoms. The van der Waals surface area contributed by atoms with E-state index in [0.29, 0.717) is 5.56 Å². The Balaban J connectivity index is 2.18. The van der Waals surface area contributed by atoms with E-state index in [-0.39, 0.29) is 17.3 Å². The standard InChI is InChI=1S/C13H15NO3/c15-12(9-4-6-14-7-5-9)10-2-1-3-11(8-10)13(16)17/h1-3,8-9,14H,4-7H2,(H,16,17). The predicted octanol–water partition coefficient (Wildman–Crippen LogP) is 1.57. The van der Waals surface area contributed by atoms with E-state index in [1.807, 2.05) is 0 Å². The van der Waals surface area contributed by atoms with Crippen LogP contribution in [0.15, 0.2) is 24.3 Å². The first-order chi connectivity index (χ1) is 8.18. The Kier molecular flexibility index (Phi) is 3.54. The summed E-state index contributed by atoms with van der Waals surface area (Å²) >= 11 is 0. The maximum atomic E-state index is 12.2. The fourth-order valence-electron chi connectivity index (χ4n) is 2.13. The highest BCUT2D eigenvalue weighted by atomic mass is 16.4. The largest absolute Gasteiger partial charge is 0.478 e. The van der Waals surface area contributed by atoms with Gasteiger partial charge in [0, 0.05) is 11.5 Å². The second-order valence-corrected chi connectivity index (χ2v) is 4.27. The molecule has 2 N–H and O–H groups in total. The SMILES string of the molecule is O=C(O)c1cccc(C(=O)C2CCNCC2)c1. The number of hydrogen-bond acceptors (Lipinski definition) is 3. The van der Waals surface area contributed by atoms with E-state index in [4.69, 9.17) is 5.11 Å². The minimum absolute atomic E-state index is 0.0281. The monoisotopic (exact) mass is 233 g/mol. The highest BCUT2D eigenvalue weighted by Gasteiger charge is 2.22. The molecule has 4 nitrogen and oxygen atoms in total. The molecular weight excluding hydrogens is 218 g/mol. The third-order valence-electron chi connectivity index (χ3n) is 3.10. The van der Waals surface area contributed by atoms with Gasteiger partial charge in [-0.1, -0.05) is 12.1 Å². The van der Waals surface area contributed by atoms with Crippen LogP contribution < -0.4 is 5.32 Å². The fraction of sp³-hybridized carbons (Fsp3) is 0.385. The van der Waals surface area contributed by atoms with Gasteiger partial charge in [-0.2, -0.15) is 0 Å². The van der Waals surface area contributed by atoms with E-state index in [9.17, 15) is 9.59 Å². The summed E-state index contributed by atoms with van der Waals surface area (Å²) in [5.41, 5.74) is 0.682. The maximum absolute atomic E-state index is 12.2. The molecule has 1 saturated heterocycles. The summed E-state index contributed by atoms with van der Waals surface area (Å²) in [4.78, 5) is 23.0. The van der Waals surface area contributed by atoms with Gasteiger partial charge in [-0.25, -0.2) is 4.79 Å². The number of ketones is 1. The second kappa shape index (κ2) is 5.10. The van der Waals surface area contributed by atoms with Crippen LogP contribution in [0.4, 0.5) is 0 Å². The zero-order valence-corrected chi connectivity index (χ0v) is 9.48. The average molecular weight is 233 g/mol. The van der Waals surface area contributed by atoms with Crippen molar-refractivity contribution in [3.05, 3.63) is 35.4 Å². The van der Waals surface area contributed by atoms with Crippen molar-refractivity contribution in [2.24, 2.45) is 5.92 Å². The van der Waals surface area contributed by atoms with Crippen LogP contribution >= 0.6 is 0 Å². The topological polar surface area (TPSA) is 66.4 Å². The lowest BCUT2D eigenvalue weighted by Gasteiger charge is -2.21. The molecule has 0 aliphatic carbocycles. The zero-order chi connectivity index (χ0) is 12.3. The van der Waals surface area contributed by atoms with Gasteiger partial charge in [0.1, 0.15) is 0 Å². The average Bonchev–Trinajstić information content (AvgIpc) is 2.39. The summed E-state index contributed by atoms with van der Waals surface area (Å²) in [6.45, 7) is 1.71. The van der Waals surface area contributed by atoms with E-state index < -0.39 is 5.97 Å². The molecule has 1 heterocycles. The molecule has 2 rings (SSSR count). The molecule has 0 unspecified atom stereocenters. The number of Topliss-reactive ketones (excluding diaryl/α,β-unsaturated/α-hetero) is 1. The molecule has 1 aliphatic rings. The first kappa shape index (κ1) is 11.8. The first-order valence-corrected chi connectivity index (χ1v) is 5.77. The second-order valence-electron chi connectivity index (χ2n) is 4.27. The van der Waals surface area contributed by atoms with Gasteiger partial charge < -0.3 is 10.4 Å². The Bertz CT molecular complexity index is 436. The zero-order valence-electron chi connectivity index (χ0n) is 9.48. The Labute approximate surface area is 99.6 Å². The summed E-state index contributed by atoms with van der Waals surface area (Å²) in [5, 5.41) is 12.1. The molecule has 0 bridgehead atoms. The summed E-state index contributed by atoms with van der Waals surface area (Å²) < 4.78 is 0. The Morgan fingerprint density at radius 2 is 1.82 bits per heavy atom. The number of carbonyl (C=O) groups excluding carboxylic acids is 1. The number of piperidine rings is 1. The number of benzene rings is 1. The van der Waals surface area contributed by atoms with Crippen molar-refractivity contribution in [2.45, 2.75) is 12.8 Å². The lowest BCUT2D eigenvalue weighted by atomic mass is 9.89. The van der Waals surface area contributed by atoms with Gasteiger partial charge in [-0.15, -0.1) is 0 Å². The molecule has 0 aromatic heterocycles. The number of rotatable bonds is 3. The van der Waals surface area contributed by atoms with E-state index in [1.54, 1.807) is 12.1 Å². The fourth-order valence-corrected chi connectivity index (χ4v) is 2.13. The quantitative estimate of drug-likeness (QED) is 0.778. The number of aromatic carboxylic acids is 1. The lowest BCUT2D eigenvalue weighted by Crippen LogP contribution is -2.31. The van der Waals surface area contributed by atoms with E-state index in [2.05, 4.69) is 5.32 Å². The number of nitrogens with one attached hydrogen (secondary N) is 1. The smallest absolute Gasteiger partial charge is 0.335 e. The van der Waals surface area contributed by atoms with Gasteiger partial charge >= 0.3 is 5.97 Å². The van der Waals surface area contributed by atoms with Gasteiger partial charge in [0.2, 0.25) is 0 Å². The highest BCUT2D eigenvalue weighted by molar-refractivity contribution is 6.00. The molecule has 1 aliphatic heterocycles. The van der Waals surface area contributed by atoms with Crippen molar-refractivity contribution >= 4 is 11.8 Å². The van der Waals surface area contributed by atoms with Crippen LogP contribution in [0, 0.1) is 5.92 Å². The molecule has 17 heavy (non-hydrogen) atoms. The van der Waals surface area contributed by atoms with Gasteiger partial charge in [0.15, 0.2) is 5.78 Å². The van der Waals surface area contributed by atoms with Crippen LogP contribution in [0.5, 0.6) is 0 Å². The normalized spacial score (nSPS) is 16.7. The van der Waals surface area contributed by atoms with Crippen molar-refractivity contribution in [1.29, 1.82) is 0 Å². The number of hydrogen-bond donors (Lipinski definition) is 2. The molecule has 0 saturated carbocycles. The first-order valence-electron chi connectivity index (χ1n) is 5.77. The van der Waals surface area contributed by atoms with Crippen molar-refractivity contribution in [3.63, 3.8) is 0 Å². The van der Waals surface area contributed by atoms with Crippen LogP contribution in [-0.4, -0.2) is 29.9 Å². The Hall–Kier alpha value is -1.68. The summed E-state index contributed by atoms with van der Waals surface area (Å²) in [6.07, 6.45) is 1.66. The molecule has 0 amide bonds. The van der Waals surface area contributed by atoms with Gasteiger partial charge in [-0.05, 0) is 38.1 Å². The molecular formula is C13H15NO3. The minimum Gasteiger partial charge on any atom is -0.478 e. The third kappa shape index (κ3) is 2.71. The van der Waals surface area contributed by atoms with Crippen molar-refractivity contribution in [3.8, 4) is 0 Å². The van der Waals surface area contributed by atoms with Crippen LogP contribution in [-0.2, 0) is 0 Å². The van der Waals surface area contributed by atoms with E-state index >= 15 is 0 Å². The summed E-state index contributed by atoms with van der Waals surface area (Å²) in [6, 6.07) is 6.28. The number of carboxylic acid groups (broad SMARTS) is 1. The number of carbonyl (C=O) groups is 2. The summed E-state index contributed by atoms with van der Waals surface area (Å²) in [7, 11) is 0. The third-order valence-corrected chi connectivity index (χ3v) is 3.10. The molecule has 0 radical (unpaired) electrons. The van der Waals surface area contributed by atoms with Crippen molar-refractivity contribution in [1.82, 2.24) is 5.32 Å². The van der Waals surface area contributed by atoms with Crippen LogP contribution in [0.3, 0.4) is 0 Å². The van der Waals surface area contributed by atoms with Gasteiger partial charge in [0.25, 0.3) is 0 Å². The van der Waals surface area contributed by atoms with E-state index in [1.165, 1.54) is 12.1 Å². The molecule has 1 fully saturated rings. The molecule has 0 atom stereocenters. The minimum atomic E-state index is -0.995. The Morgan fingerprint density at radius 1 is 1.18 bits per heavy atom. The predicted molar refractivity (Wildman–Crippen MR) is 63.3 cm³/mol. The van der Waals surface area contributed by atoms with Crippen LogP contribution in [0.25, 0.3) is 0 Å². The maximum Gasteiger partial charge on any atom is 0.335 e.